The van der Waals surface area contributed by atoms with Gasteiger partial charge in [-0.05, 0) is 28.1 Å². The molecule has 0 unspecified atom stereocenters. The summed E-state index contributed by atoms with van der Waals surface area (Å²) in [4.78, 5) is 19.0. The van der Waals surface area contributed by atoms with E-state index in [4.69, 9.17) is 0 Å². The number of nitrogens with one attached hydrogen (secondary N) is 1. The smallest absolute Gasteiger partial charge is 0.189 e. The third kappa shape index (κ3) is 1.34. The van der Waals surface area contributed by atoms with Crippen LogP contribution in [0.1, 0.15) is 0 Å². The van der Waals surface area contributed by atoms with Crippen LogP contribution in [-0.2, 0) is 0 Å². The summed E-state index contributed by atoms with van der Waals surface area (Å²) in [5, 5.41) is 1.67. The number of hydrogen-bond donors (Lipinski definition) is 1. The lowest BCUT2D eigenvalue weighted by molar-refractivity contribution is 1.35. The summed E-state index contributed by atoms with van der Waals surface area (Å²) < 4.78 is 0.928. The van der Waals surface area contributed by atoms with Crippen LogP contribution >= 0.6 is 15.9 Å². The molecule has 3 nitrogen and oxygen atoms in total. The minimum atomic E-state index is 0.0142. The first-order valence-corrected chi connectivity index (χ1v) is 5.61. The van der Waals surface area contributed by atoms with E-state index in [1.807, 2.05) is 18.2 Å². The third-order valence-corrected chi connectivity index (χ3v) is 2.98. The molecule has 16 heavy (non-hydrogen) atoms. The van der Waals surface area contributed by atoms with E-state index >= 15 is 0 Å². The molecule has 2 aromatic heterocycles. The molecular weight excluding hydrogens is 268 g/mol. The lowest BCUT2D eigenvalue weighted by atomic mass is 10.1. The molecule has 1 aromatic carbocycles. The van der Waals surface area contributed by atoms with E-state index in [-0.39, 0.29) is 5.43 Å². The Morgan fingerprint density at radius 3 is 3.00 bits per heavy atom. The molecule has 0 aliphatic rings. The highest BCUT2D eigenvalue weighted by atomic mass is 79.9. The van der Waals surface area contributed by atoms with Crippen molar-refractivity contribution in [3.63, 3.8) is 0 Å². The largest absolute Gasteiger partial charge is 0.359 e. The van der Waals surface area contributed by atoms with Gasteiger partial charge in [0.1, 0.15) is 0 Å². The number of aromatic amines is 1. The lowest BCUT2D eigenvalue weighted by Gasteiger charge is -2.02. The number of rotatable bonds is 0. The number of hydrogen-bond acceptors (Lipinski definition) is 2. The molecule has 0 aliphatic carbocycles. The van der Waals surface area contributed by atoms with Crippen molar-refractivity contribution >= 4 is 37.7 Å². The Bertz CT molecular complexity index is 749. The molecular formula is C12H7BrN2O. The number of H-pyrrole nitrogens is 1. The zero-order valence-electron chi connectivity index (χ0n) is 8.20. The highest BCUT2D eigenvalue weighted by Gasteiger charge is 2.04. The van der Waals surface area contributed by atoms with Crippen LogP contribution in [0.25, 0.3) is 21.8 Å². The molecule has 0 aliphatic heterocycles. The topological polar surface area (TPSA) is 45.8 Å². The number of aromatic nitrogens is 2. The quantitative estimate of drug-likeness (QED) is 0.641. The molecule has 78 valence electrons. The normalized spacial score (nSPS) is 11.1. The molecule has 3 rings (SSSR count). The first kappa shape index (κ1) is 9.54. The van der Waals surface area contributed by atoms with Crippen molar-refractivity contribution in [1.29, 1.82) is 0 Å². The van der Waals surface area contributed by atoms with Crippen molar-refractivity contribution in [2.75, 3.05) is 0 Å². The molecule has 4 heteroatoms. The van der Waals surface area contributed by atoms with Gasteiger partial charge in [-0.2, -0.15) is 0 Å². The minimum Gasteiger partial charge on any atom is -0.359 e. The molecule has 0 amide bonds. The van der Waals surface area contributed by atoms with E-state index in [2.05, 4.69) is 25.9 Å². The zero-order chi connectivity index (χ0) is 11.1. The fourth-order valence-corrected chi connectivity index (χ4v) is 2.17. The van der Waals surface area contributed by atoms with Crippen LogP contribution in [0.5, 0.6) is 0 Å². The van der Waals surface area contributed by atoms with Crippen LogP contribution in [0.15, 0.2) is 45.9 Å². The van der Waals surface area contributed by atoms with E-state index in [9.17, 15) is 4.79 Å². The summed E-state index contributed by atoms with van der Waals surface area (Å²) >= 11 is 3.38. The molecule has 2 heterocycles. The maximum atomic E-state index is 11.6. The Hall–Kier alpha value is -1.68. The van der Waals surface area contributed by atoms with Crippen molar-refractivity contribution in [2.24, 2.45) is 0 Å². The summed E-state index contributed by atoms with van der Waals surface area (Å²) in [7, 11) is 0. The summed E-state index contributed by atoms with van der Waals surface area (Å²) in [5.74, 6) is 0. The van der Waals surface area contributed by atoms with Crippen molar-refractivity contribution in [2.45, 2.75) is 0 Å². The summed E-state index contributed by atoms with van der Waals surface area (Å²) in [6, 6.07) is 7.23. The highest BCUT2D eigenvalue weighted by Crippen LogP contribution is 2.22. The maximum absolute atomic E-state index is 11.6. The first-order valence-electron chi connectivity index (χ1n) is 4.81. The average molecular weight is 275 g/mol. The third-order valence-electron chi connectivity index (χ3n) is 2.55. The van der Waals surface area contributed by atoms with Crippen molar-refractivity contribution < 1.29 is 0 Å². The lowest BCUT2D eigenvalue weighted by Crippen LogP contribution is -2.00. The number of benzene rings is 1. The Balaban J connectivity index is 2.60. The second kappa shape index (κ2) is 3.42. The van der Waals surface area contributed by atoms with Gasteiger partial charge in [0, 0.05) is 33.7 Å². The van der Waals surface area contributed by atoms with Crippen LogP contribution in [-0.4, -0.2) is 9.97 Å². The van der Waals surface area contributed by atoms with Gasteiger partial charge in [0.2, 0.25) is 0 Å². The molecule has 1 N–H and O–H groups in total. The van der Waals surface area contributed by atoms with Gasteiger partial charge in [0.25, 0.3) is 0 Å². The standard InChI is InChI=1S/C12H7BrN2O/c13-8-5-7-1-2-9-10(16)3-4-14-12(9)11(7)15-6-8/h1-6H,(H,14,16). The Kier molecular flexibility index (Phi) is 2.04. The molecule has 0 atom stereocenters. The maximum Gasteiger partial charge on any atom is 0.189 e. The van der Waals surface area contributed by atoms with Gasteiger partial charge < -0.3 is 4.98 Å². The predicted octanol–water partition coefficient (Wildman–Crippen LogP) is 2.84. The second-order valence-corrected chi connectivity index (χ2v) is 4.47. The average Bonchev–Trinajstić information content (AvgIpc) is 2.28. The second-order valence-electron chi connectivity index (χ2n) is 3.56. The van der Waals surface area contributed by atoms with Crippen molar-refractivity contribution in [1.82, 2.24) is 9.97 Å². The molecule has 0 spiro atoms. The Morgan fingerprint density at radius 1 is 1.25 bits per heavy atom. The first-order chi connectivity index (χ1) is 7.75. The van der Waals surface area contributed by atoms with Crippen molar-refractivity contribution in [3.05, 3.63) is 51.4 Å². The van der Waals surface area contributed by atoms with E-state index in [1.165, 1.54) is 6.07 Å². The van der Waals surface area contributed by atoms with Crippen LogP contribution < -0.4 is 5.43 Å². The monoisotopic (exact) mass is 274 g/mol. The van der Waals surface area contributed by atoms with Crippen LogP contribution in [0.2, 0.25) is 0 Å². The van der Waals surface area contributed by atoms with Crippen LogP contribution in [0.4, 0.5) is 0 Å². The number of fused-ring (bicyclic) bond motifs is 3. The SMILES string of the molecule is O=c1cc[nH]c2c1ccc1cc(Br)cnc12. The fraction of sp³-hybridized carbons (Fsp3) is 0. The molecule has 3 aromatic rings. The predicted molar refractivity (Wildman–Crippen MR) is 67.6 cm³/mol. The van der Waals surface area contributed by atoms with E-state index in [0.29, 0.717) is 5.39 Å². The number of halogens is 1. The van der Waals surface area contributed by atoms with Gasteiger partial charge >= 0.3 is 0 Å². The van der Waals surface area contributed by atoms with E-state index < -0.39 is 0 Å². The van der Waals surface area contributed by atoms with Gasteiger partial charge in [-0.1, -0.05) is 6.07 Å². The van der Waals surface area contributed by atoms with Gasteiger partial charge in [-0.3, -0.25) is 9.78 Å². The zero-order valence-corrected chi connectivity index (χ0v) is 9.78. The van der Waals surface area contributed by atoms with Crippen molar-refractivity contribution in [3.8, 4) is 0 Å². The molecule has 0 saturated carbocycles. The fourth-order valence-electron chi connectivity index (χ4n) is 1.82. The summed E-state index contributed by atoms with van der Waals surface area (Å²) in [6.07, 6.45) is 3.38. The molecule has 0 fully saturated rings. The number of nitrogens with zero attached hydrogens (tertiary/aromatic N) is 1. The van der Waals surface area contributed by atoms with E-state index in [1.54, 1.807) is 12.4 Å². The summed E-state index contributed by atoms with van der Waals surface area (Å²) in [5.41, 5.74) is 1.62. The van der Waals surface area contributed by atoms with Gasteiger partial charge in [0.05, 0.1) is 11.0 Å². The summed E-state index contributed by atoms with van der Waals surface area (Å²) in [6.45, 7) is 0. The van der Waals surface area contributed by atoms with Gasteiger partial charge in [0.15, 0.2) is 5.43 Å². The number of pyridine rings is 2. The minimum absolute atomic E-state index is 0.0142. The molecule has 0 radical (unpaired) electrons. The Morgan fingerprint density at radius 2 is 2.12 bits per heavy atom. The van der Waals surface area contributed by atoms with Gasteiger partial charge in [-0.15, -0.1) is 0 Å². The van der Waals surface area contributed by atoms with E-state index in [0.717, 1.165) is 20.9 Å². The van der Waals surface area contributed by atoms with Crippen LogP contribution in [0.3, 0.4) is 0 Å². The molecule has 0 bridgehead atoms. The van der Waals surface area contributed by atoms with Crippen LogP contribution in [0, 0.1) is 0 Å². The molecule has 0 saturated heterocycles. The Labute approximate surface area is 99.3 Å². The highest BCUT2D eigenvalue weighted by molar-refractivity contribution is 9.10. The van der Waals surface area contributed by atoms with Gasteiger partial charge in [-0.25, -0.2) is 0 Å².